The van der Waals surface area contributed by atoms with Gasteiger partial charge in [0.25, 0.3) is 0 Å². The Morgan fingerprint density at radius 2 is 0.885 bits per heavy atom. The standard InChI is InChI=1S/C58H38N2O/c1-2-18-46-40(14-1)15-12-23-47(46)41-32-36-45(37-33-41)59(56-28-13-24-52-51-22-6-10-29-57(51)61-58(52)56)44-34-30-39(31-35-44)42-16-11-17-43(38-42)48-19-3-7-25-53(48)60-54-26-8-4-20-49(54)50-21-5-9-27-55(50)60/h1-38H. The van der Waals surface area contributed by atoms with Gasteiger partial charge in [-0.1, -0.05) is 170 Å². The van der Waals surface area contributed by atoms with Gasteiger partial charge in [0, 0.05) is 38.5 Å². The number of hydrogen-bond donors (Lipinski definition) is 0. The summed E-state index contributed by atoms with van der Waals surface area (Å²) in [7, 11) is 0. The number of nitrogens with zero attached hydrogens (tertiary/aromatic N) is 2. The summed E-state index contributed by atoms with van der Waals surface area (Å²) in [4.78, 5) is 2.32. The van der Waals surface area contributed by atoms with Crippen molar-refractivity contribution in [2.45, 2.75) is 0 Å². The number of fused-ring (bicyclic) bond motifs is 7. The van der Waals surface area contributed by atoms with Crippen LogP contribution in [0.1, 0.15) is 0 Å². The van der Waals surface area contributed by atoms with E-state index >= 15 is 0 Å². The van der Waals surface area contributed by atoms with E-state index in [1.807, 2.05) is 12.1 Å². The summed E-state index contributed by atoms with van der Waals surface area (Å²) >= 11 is 0. The molecule has 0 unspecified atom stereocenters. The highest BCUT2D eigenvalue weighted by Gasteiger charge is 2.20. The van der Waals surface area contributed by atoms with Crippen molar-refractivity contribution in [2.75, 3.05) is 4.90 Å². The van der Waals surface area contributed by atoms with Crippen LogP contribution in [0.15, 0.2) is 235 Å². The largest absolute Gasteiger partial charge is 0.454 e. The zero-order chi connectivity index (χ0) is 40.3. The second kappa shape index (κ2) is 14.3. The minimum absolute atomic E-state index is 0.862. The third-order valence-corrected chi connectivity index (χ3v) is 12.2. The number of aromatic nitrogens is 1. The Morgan fingerprint density at radius 1 is 0.344 bits per heavy atom. The molecule has 0 atom stereocenters. The molecule has 0 radical (unpaired) electrons. The molecule has 0 amide bonds. The van der Waals surface area contributed by atoms with Gasteiger partial charge in [-0.3, -0.25) is 0 Å². The predicted molar refractivity (Wildman–Crippen MR) is 257 cm³/mol. The van der Waals surface area contributed by atoms with E-state index in [2.05, 4.69) is 228 Å². The van der Waals surface area contributed by atoms with Crippen LogP contribution in [-0.4, -0.2) is 4.57 Å². The Balaban J connectivity index is 0.952. The van der Waals surface area contributed by atoms with Gasteiger partial charge in [0.2, 0.25) is 0 Å². The molecule has 0 spiro atoms. The molecule has 12 aromatic rings. The number of para-hydroxylation sites is 5. The molecule has 0 saturated heterocycles. The maximum absolute atomic E-state index is 6.64. The zero-order valence-corrected chi connectivity index (χ0v) is 33.2. The third-order valence-electron chi connectivity index (χ3n) is 12.2. The lowest BCUT2D eigenvalue weighted by Gasteiger charge is -2.26. The van der Waals surface area contributed by atoms with E-state index in [0.717, 1.165) is 55.8 Å². The lowest BCUT2D eigenvalue weighted by molar-refractivity contribution is 0.669. The normalized spacial score (nSPS) is 11.6. The van der Waals surface area contributed by atoms with E-state index in [1.54, 1.807) is 0 Å². The fourth-order valence-corrected chi connectivity index (χ4v) is 9.37. The monoisotopic (exact) mass is 778 g/mol. The predicted octanol–water partition coefficient (Wildman–Crippen LogP) is 16.3. The van der Waals surface area contributed by atoms with E-state index < -0.39 is 0 Å². The number of hydrogen-bond acceptors (Lipinski definition) is 2. The molecule has 2 heterocycles. The summed E-state index contributed by atoms with van der Waals surface area (Å²) in [6.07, 6.45) is 0. The van der Waals surface area contributed by atoms with Gasteiger partial charge in [0.15, 0.2) is 5.58 Å². The highest BCUT2D eigenvalue weighted by molar-refractivity contribution is 6.11. The first kappa shape index (κ1) is 34.9. The molecule has 0 aliphatic rings. The molecule has 0 saturated carbocycles. The van der Waals surface area contributed by atoms with Crippen molar-refractivity contribution in [3.05, 3.63) is 231 Å². The summed E-state index contributed by atoms with van der Waals surface area (Å²) in [5.41, 5.74) is 15.5. The minimum atomic E-state index is 0.862. The SMILES string of the molecule is c1cc(-c2ccc(N(c3ccc(-c4cccc5ccccc45)cc3)c3cccc4c3oc3ccccc34)cc2)cc(-c2ccccc2-n2c3ccccc3c3ccccc32)c1. The lowest BCUT2D eigenvalue weighted by Crippen LogP contribution is -2.10. The molecular weight excluding hydrogens is 741 g/mol. The van der Waals surface area contributed by atoms with Crippen LogP contribution in [0.2, 0.25) is 0 Å². The van der Waals surface area contributed by atoms with Gasteiger partial charge in [-0.05, 0) is 99.3 Å². The maximum Gasteiger partial charge on any atom is 0.159 e. The van der Waals surface area contributed by atoms with Gasteiger partial charge in [-0.15, -0.1) is 0 Å². The van der Waals surface area contributed by atoms with Gasteiger partial charge in [-0.2, -0.15) is 0 Å². The molecule has 0 aliphatic carbocycles. The van der Waals surface area contributed by atoms with E-state index in [-0.39, 0.29) is 0 Å². The highest BCUT2D eigenvalue weighted by Crippen LogP contribution is 2.44. The van der Waals surface area contributed by atoms with E-state index in [0.29, 0.717) is 0 Å². The number of rotatable bonds is 7. The quantitative estimate of drug-likeness (QED) is 0.161. The molecule has 0 bridgehead atoms. The Bertz CT molecular complexity index is 3530. The maximum atomic E-state index is 6.64. The van der Waals surface area contributed by atoms with Crippen molar-refractivity contribution < 1.29 is 4.42 Å². The summed E-state index contributed by atoms with van der Waals surface area (Å²) < 4.78 is 9.05. The summed E-state index contributed by atoms with van der Waals surface area (Å²) in [6, 6.07) is 82.8. The first-order valence-electron chi connectivity index (χ1n) is 20.8. The summed E-state index contributed by atoms with van der Waals surface area (Å²) in [5, 5.41) is 7.21. The number of furan rings is 1. The molecule has 10 aromatic carbocycles. The second-order valence-corrected chi connectivity index (χ2v) is 15.7. The Kier molecular flexibility index (Phi) is 8.17. The topological polar surface area (TPSA) is 21.3 Å². The molecule has 61 heavy (non-hydrogen) atoms. The van der Waals surface area contributed by atoms with Crippen molar-refractivity contribution in [2.24, 2.45) is 0 Å². The smallest absolute Gasteiger partial charge is 0.159 e. The van der Waals surface area contributed by atoms with Crippen LogP contribution in [0, 0.1) is 0 Å². The van der Waals surface area contributed by atoms with E-state index in [9.17, 15) is 0 Å². The van der Waals surface area contributed by atoms with Gasteiger partial charge in [0.1, 0.15) is 5.58 Å². The van der Waals surface area contributed by atoms with Crippen molar-refractivity contribution in [1.29, 1.82) is 0 Å². The van der Waals surface area contributed by atoms with Crippen molar-refractivity contribution >= 4 is 71.6 Å². The molecule has 0 aliphatic heterocycles. The first-order valence-corrected chi connectivity index (χ1v) is 20.8. The molecular formula is C58H38N2O. The summed E-state index contributed by atoms with van der Waals surface area (Å²) in [5.74, 6) is 0. The number of anilines is 3. The van der Waals surface area contributed by atoms with Gasteiger partial charge in [0.05, 0.1) is 22.4 Å². The van der Waals surface area contributed by atoms with Gasteiger partial charge in [-0.25, -0.2) is 0 Å². The second-order valence-electron chi connectivity index (χ2n) is 15.7. The van der Waals surface area contributed by atoms with Crippen LogP contribution in [0.3, 0.4) is 0 Å². The molecule has 12 rings (SSSR count). The van der Waals surface area contributed by atoms with Crippen LogP contribution in [0.4, 0.5) is 17.1 Å². The van der Waals surface area contributed by atoms with E-state index in [1.165, 1.54) is 54.8 Å². The van der Waals surface area contributed by atoms with Crippen LogP contribution < -0.4 is 4.90 Å². The Morgan fingerprint density at radius 3 is 1.66 bits per heavy atom. The van der Waals surface area contributed by atoms with Crippen LogP contribution in [-0.2, 0) is 0 Å². The lowest BCUT2D eigenvalue weighted by atomic mass is 9.97. The van der Waals surface area contributed by atoms with Crippen LogP contribution in [0.5, 0.6) is 0 Å². The van der Waals surface area contributed by atoms with Gasteiger partial charge >= 0.3 is 0 Å². The molecule has 3 nitrogen and oxygen atoms in total. The van der Waals surface area contributed by atoms with Gasteiger partial charge < -0.3 is 13.9 Å². The third kappa shape index (κ3) is 5.82. The molecule has 286 valence electrons. The Labute approximate surface area is 353 Å². The van der Waals surface area contributed by atoms with Crippen LogP contribution in [0.25, 0.3) is 93.6 Å². The van der Waals surface area contributed by atoms with Crippen molar-refractivity contribution in [3.63, 3.8) is 0 Å². The molecule has 3 heteroatoms. The fourth-order valence-electron chi connectivity index (χ4n) is 9.37. The Hall–Kier alpha value is -8.14. The van der Waals surface area contributed by atoms with Crippen molar-refractivity contribution in [3.8, 4) is 39.1 Å². The average molecular weight is 779 g/mol. The first-order chi connectivity index (χ1) is 30.3. The van der Waals surface area contributed by atoms with E-state index in [4.69, 9.17) is 4.42 Å². The van der Waals surface area contributed by atoms with Crippen molar-refractivity contribution in [1.82, 2.24) is 4.57 Å². The average Bonchev–Trinajstić information content (AvgIpc) is 3.89. The molecule has 2 aromatic heterocycles. The molecule has 0 fully saturated rings. The molecule has 0 N–H and O–H groups in total. The minimum Gasteiger partial charge on any atom is -0.454 e. The fraction of sp³-hybridized carbons (Fsp3) is 0. The number of benzene rings is 10. The van der Waals surface area contributed by atoms with Crippen LogP contribution >= 0.6 is 0 Å². The summed E-state index contributed by atoms with van der Waals surface area (Å²) in [6.45, 7) is 0. The zero-order valence-electron chi connectivity index (χ0n) is 33.2. The highest BCUT2D eigenvalue weighted by atomic mass is 16.3.